The average molecular weight is 256 g/mol. The van der Waals surface area contributed by atoms with Gasteiger partial charge in [-0.25, -0.2) is 0 Å². The minimum atomic E-state index is 0.00136. The summed E-state index contributed by atoms with van der Waals surface area (Å²) in [7, 11) is 0. The fraction of sp³-hybridized carbons (Fsp3) is 0.462. The van der Waals surface area contributed by atoms with Crippen molar-refractivity contribution in [3.05, 3.63) is 30.3 Å². The number of likely N-dealkylation sites (N-methyl/N-ethyl adjacent to an activating group) is 1. The van der Waals surface area contributed by atoms with E-state index in [1.807, 2.05) is 37.3 Å². The number of alkyl halides is 1. The lowest BCUT2D eigenvalue weighted by molar-refractivity contribution is -0.133. The van der Waals surface area contributed by atoms with Crippen molar-refractivity contribution in [3.63, 3.8) is 0 Å². The van der Waals surface area contributed by atoms with E-state index in [-0.39, 0.29) is 12.5 Å². The molecule has 0 radical (unpaired) electrons. The predicted octanol–water partition coefficient (Wildman–Crippen LogP) is 2.54. The third-order valence-corrected chi connectivity index (χ3v) is 2.67. The first-order valence-electron chi connectivity index (χ1n) is 5.79. The number of ether oxygens (including phenoxy) is 1. The molecule has 0 aliphatic rings. The Labute approximate surface area is 107 Å². The van der Waals surface area contributed by atoms with Crippen LogP contribution in [-0.2, 0) is 4.79 Å². The van der Waals surface area contributed by atoms with Crippen molar-refractivity contribution in [2.45, 2.75) is 13.3 Å². The number of carbonyl (C=O) groups excluding carboxylic acids is 1. The van der Waals surface area contributed by atoms with Crippen molar-refractivity contribution in [2.24, 2.45) is 0 Å². The van der Waals surface area contributed by atoms with E-state index in [4.69, 9.17) is 16.3 Å². The van der Waals surface area contributed by atoms with Crippen LogP contribution in [0, 0.1) is 0 Å². The number of rotatable bonds is 7. The van der Waals surface area contributed by atoms with Gasteiger partial charge in [-0.3, -0.25) is 4.79 Å². The van der Waals surface area contributed by atoms with E-state index >= 15 is 0 Å². The van der Waals surface area contributed by atoms with Crippen LogP contribution in [0.5, 0.6) is 5.75 Å². The molecule has 0 heterocycles. The van der Waals surface area contributed by atoms with E-state index in [0.717, 1.165) is 6.42 Å². The molecular formula is C13H18ClNO2. The van der Waals surface area contributed by atoms with Gasteiger partial charge in [0, 0.05) is 19.0 Å². The number of halogens is 1. The van der Waals surface area contributed by atoms with E-state index < -0.39 is 0 Å². The maximum Gasteiger partial charge on any atom is 0.260 e. The highest BCUT2D eigenvalue weighted by molar-refractivity contribution is 6.17. The molecule has 0 saturated carbocycles. The minimum Gasteiger partial charge on any atom is -0.484 e. The summed E-state index contributed by atoms with van der Waals surface area (Å²) in [4.78, 5) is 13.6. The lowest BCUT2D eigenvalue weighted by Gasteiger charge is -2.20. The van der Waals surface area contributed by atoms with Gasteiger partial charge in [0.05, 0.1) is 0 Å². The fourth-order valence-corrected chi connectivity index (χ4v) is 1.58. The van der Waals surface area contributed by atoms with Crippen LogP contribution >= 0.6 is 11.6 Å². The summed E-state index contributed by atoms with van der Waals surface area (Å²) in [6.07, 6.45) is 0.812. The van der Waals surface area contributed by atoms with Crippen molar-refractivity contribution >= 4 is 17.5 Å². The number of amides is 1. The molecule has 1 amide bonds. The molecule has 0 atom stereocenters. The van der Waals surface area contributed by atoms with Gasteiger partial charge < -0.3 is 9.64 Å². The standard InChI is InChI=1S/C13H18ClNO2/c1-2-15(10-6-9-14)13(16)11-17-12-7-4-3-5-8-12/h3-5,7-8H,2,6,9-11H2,1H3. The van der Waals surface area contributed by atoms with Crippen molar-refractivity contribution in [2.75, 3.05) is 25.6 Å². The molecule has 0 N–H and O–H groups in total. The number of nitrogens with zero attached hydrogens (tertiary/aromatic N) is 1. The van der Waals surface area contributed by atoms with Gasteiger partial charge in [-0.05, 0) is 25.5 Å². The van der Waals surface area contributed by atoms with Gasteiger partial charge >= 0.3 is 0 Å². The molecule has 0 spiro atoms. The van der Waals surface area contributed by atoms with Crippen molar-refractivity contribution < 1.29 is 9.53 Å². The number of carbonyl (C=O) groups is 1. The molecule has 0 saturated heterocycles. The van der Waals surface area contributed by atoms with E-state index in [1.54, 1.807) is 4.90 Å². The summed E-state index contributed by atoms with van der Waals surface area (Å²) in [6.45, 7) is 3.42. The van der Waals surface area contributed by atoms with Crippen LogP contribution < -0.4 is 4.74 Å². The fourth-order valence-electron chi connectivity index (χ4n) is 1.46. The maximum atomic E-state index is 11.8. The summed E-state index contributed by atoms with van der Waals surface area (Å²) >= 11 is 5.61. The highest BCUT2D eigenvalue weighted by Crippen LogP contribution is 2.08. The van der Waals surface area contributed by atoms with E-state index in [2.05, 4.69) is 0 Å². The van der Waals surface area contributed by atoms with Crippen molar-refractivity contribution in [3.8, 4) is 5.75 Å². The van der Waals surface area contributed by atoms with Crippen LogP contribution in [0.15, 0.2) is 30.3 Å². The molecule has 0 aliphatic heterocycles. The highest BCUT2D eigenvalue weighted by atomic mass is 35.5. The second-order valence-electron chi connectivity index (χ2n) is 3.62. The predicted molar refractivity (Wildman–Crippen MR) is 69.5 cm³/mol. The Hall–Kier alpha value is -1.22. The lowest BCUT2D eigenvalue weighted by atomic mass is 10.3. The van der Waals surface area contributed by atoms with Crippen LogP contribution in [-0.4, -0.2) is 36.4 Å². The Bertz CT molecular complexity index is 329. The van der Waals surface area contributed by atoms with Gasteiger partial charge in [-0.15, -0.1) is 11.6 Å². The normalized spacial score (nSPS) is 10.0. The Morgan fingerprint density at radius 2 is 2.06 bits per heavy atom. The smallest absolute Gasteiger partial charge is 0.260 e. The Morgan fingerprint density at radius 3 is 2.65 bits per heavy atom. The minimum absolute atomic E-state index is 0.00136. The second-order valence-corrected chi connectivity index (χ2v) is 4.00. The molecule has 1 rings (SSSR count). The number of para-hydroxylation sites is 1. The largest absolute Gasteiger partial charge is 0.484 e. The molecule has 1 aromatic carbocycles. The Balaban J connectivity index is 2.37. The summed E-state index contributed by atoms with van der Waals surface area (Å²) in [5.41, 5.74) is 0. The van der Waals surface area contributed by atoms with Gasteiger partial charge in [0.25, 0.3) is 5.91 Å². The first-order valence-corrected chi connectivity index (χ1v) is 6.33. The van der Waals surface area contributed by atoms with Crippen molar-refractivity contribution in [1.29, 1.82) is 0 Å². The topological polar surface area (TPSA) is 29.5 Å². The van der Waals surface area contributed by atoms with E-state index in [9.17, 15) is 4.79 Å². The van der Waals surface area contributed by atoms with Crippen LogP contribution in [0.3, 0.4) is 0 Å². The molecule has 0 aliphatic carbocycles. The van der Waals surface area contributed by atoms with E-state index in [0.29, 0.717) is 24.7 Å². The molecule has 1 aromatic rings. The van der Waals surface area contributed by atoms with Gasteiger partial charge in [-0.1, -0.05) is 18.2 Å². The summed E-state index contributed by atoms with van der Waals surface area (Å²) in [5.74, 6) is 1.29. The molecule has 94 valence electrons. The average Bonchev–Trinajstić information content (AvgIpc) is 2.38. The molecule has 0 unspecified atom stereocenters. The SMILES string of the molecule is CCN(CCCCl)C(=O)COc1ccccc1. The van der Waals surface area contributed by atoms with Gasteiger partial charge in [0.2, 0.25) is 0 Å². The first-order chi connectivity index (χ1) is 8.27. The summed E-state index contributed by atoms with van der Waals surface area (Å²) in [6, 6.07) is 9.34. The quantitative estimate of drug-likeness (QED) is 0.701. The summed E-state index contributed by atoms with van der Waals surface area (Å²) in [5, 5.41) is 0. The van der Waals surface area contributed by atoms with Crippen LogP contribution in [0.4, 0.5) is 0 Å². The maximum absolute atomic E-state index is 11.8. The number of hydrogen-bond acceptors (Lipinski definition) is 2. The zero-order chi connectivity index (χ0) is 12.5. The highest BCUT2D eigenvalue weighted by Gasteiger charge is 2.11. The monoisotopic (exact) mass is 255 g/mol. The molecule has 0 fully saturated rings. The molecular weight excluding hydrogens is 238 g/mol. The van der Waals surface area contributed by atoms with Gasteiger partial charge in [0.1, 0.15) is 5.75 Å². The zero-order valence-corrected chi connectivity index (χ0v) is 10.8. The Kier molecular flexibility index (Phi) is 6.48. The zero-order valence-electron chi connectivity index (χ0n) is 10.1. The number of hydrogen-bond donors (Lipinski definition) is 0. The Morgan fingerprint density at radius 1 is 1.35 bits per heavy atom. The molecule has 4 heteroatoms. The van der Waals surface area contributed by atoms with Crippen molar-refractivity contribution in [1.82, 2.24) is 4.90 Å². The first kappa shape index (κ1) is 13.8. The third kappa shape index (κ3) is 5.09. The third-order valence-electron chi connectivity index (χ3n) is 2.40. The van der Waals surface area contributed by atoms with Gasteiger partial charge in [0.15, 0.2) is 6.61 Å². The molecule has 3 nitrogen and oxygen atoms in total. The summed E-state index contributed by atoms with van der Waals surface area (Å²) < 4.78 is 5.41. The van der Waals surface area contributed by atoms with Crippen LogP contribution in [0.25, 0.3) is 0 Å². The van der Waals surface area contributed by atoms with Crippen LogP contribution in [0.2, 0.25) is 0 Å². The van der Waals surface area contributed by atoms with Gasteiger partial charge in [-0.2, -0.15) is 0 Å². The second kappa shape index (κ2) is 7.96. The molecule has 0 bridgehead atoms. The van der Waals surface area contributed by atoms with Crippen LogP contribution in [0.1, 0.15) is 13.3 Å². The molecule has 0 aromatic heterocycles. The lowest BCUT2D eigenvalue weighted by Crippen LogP contribution is -2.35. The molecule has 17 heavy (non-hydrogen) atoms. The number of benzene rings is 1. The van der Waals surface area contributed by atoms with E-state index in [1.165, 1.54) is 0 Å².